The van der Waals surface area contributed by atoms with Crippen LogP contribution in [-0.2, 0) is 5.88 Å². The molecule has 0 unspecified atom stereocenters. The van der Waals surface area contributed by atoms with E-state index < -0.39 is 0 Å². The summed E-state index contributed by atoms with van der Waals surface area (Å²) in [5, 5.41) is 1.00. The number of aromatic nitrogens is 2. The molecule has 0 saturated heterocycles. The second-order valence-corrected chi connectivity index (χ2v) is 4.67. The van der Waals surface area contributed by atoms with Gasteiger partial charge in [-0.25, -0.2) is 9.97 Å². The lowest BCUT2D eigenvalue weighted by Crippen LogP contribution is -1.96. The first kappa shape index (κ1) is 12.6. The minimum Gasteiger partial charge on any atom is -0.233 e. The molecule has 0 spiro atoms. The zero-order valence-electron chi connectivity index (χ0n) is 9.04. The van der Waals surface area contributed by atoms with Gasteiger partial charge in [0.15, 0.2) is 5.82 Å². The van der Waals surface area contributed by atoms with Crippen LogP contribution in [0, 0.1) is 6.92 Å². The van der Waals surface area contributed by atoms with Crippen molar-refractivity contribution in [2.24, 2.45) is 0 Å². The zero-order chi connectivity index (χ0) is 12.4. The molecule has 0 atom stereocenters. The van der Waals surface area contributed by atoms with Crippen LogP contribution in [0.3, 0.4) is 0 Å². The second kappa shape index (κ2) is 5.21. The quantitative estimate of drug-likeness (QED) is 0.760. The number of nitrogens with zero attached hydrogens (tertiary/aromatic N) is 2. The molecule has 0 aliphatic carbocycles. The topological polar surface area (TPSA) is 25.8 Å². The fourth-order valence-corrected chi connectivity index (χ4v) is 1.90. The van der Waals surface area contributed by atoms with Gasteiger partial charge in [-0.2, -0.15) is 0 Å². The summed E-state index contributed by atoms with van der Waals surface area (Å²) in [6, 6.07) is 7.16. The van der Waals surface area contributed by atoms with Crippen LogP contribution in [0.4, 0.5) is 0 Å². The van der Waals surface area contributed by atoms with Crippen molar-refractivity contribution < 1.29 is 0 Å². The molecule has 5 heteroatoms. The maximum Gasteiger partial charge on any atom is 0.159 e. The van der Waals surface area contributed by atoms with E-state index in [2.05, 4.69) is 9.97 Å². The molecule has 0 N–H and O–H groups in total. The highest BCUT2D eigenvalue weighted by Gasteiger charge is 2.06. The molecule has 88 valence electrons. The number of benzene rings is 1. The van der Waals surface area contributed by atoms with Crippen molar-refractivity contribution >= 4 is 34.8 Å². The maximum absolute atomic E-state index is 5.96. The third-order valence-electron chi connectivity index (χ3n) is 2.22. The number of hydrogen-bond donors (Lipinski definition) is 0. The van der Waals surface area contributed by atoms with Gasteiger partial charge in [0.25, 0.3) is 0 Å². The largest absolute Gasteiger partial charge is 0.233 e. The van der Waals surface area contributed by atoms with Crippen LogP contribution in [0.25, 0.3) is 11.4 Å². The van der Waals surface area contributed by atoms with Crippen LogP contribution in [0.15, 0.2) is 24.3 Å². The number of halogens is 3. The van der Waals surface area contributed by atoms with Gasteiger partial charge < -0.3 is 0 Å². The Labute approximate surface area is 115 Å². The van der Waals surface area contributed by atoms with Gasteiger partial charge in [0.1, 0.15) is 0 Å². The molecular weight excluding hydrogens is 279 g/mol. The summed E-state index contributed by atoms with van der Waals surface area (Å²) in [5.74, 6) is 0.969. The number of alkyl halides is 1. The van der Waals surface area contributed by atoms with Crippen molar-refractivity contribution in [2.45, 2.75) is 12.8 Å². The van der Waals surface area contributed by atoms with Gasteiger partial charge in [-0.3, -0.25) is 0 Å². The van der Waals surface area contributed by atoms with Gasteiger partial charge in [0.05, 0.1) is 21.6 Å². The van der Waals surface area contributed by atoms with Crippen molar-refractivity contribution in [3.8, 4) is 11.4 Å². The predicted octanol–water partition coefficient (Wildman–Crippen LogP) is 4.50. The SMILES string of the molecule is Cc1cc(CCl)nc(-c2ccc(Cl)c(Cl)c2)n1. The first-order valence-electron chi connectivity index (χ1n) is 4.96. The molecule has 17 heavy (non-hydrogen) atoms. The summed E-state index contributed by atoms with van der Waals surface area (Å²) in [5.41, 5.74) is 2.49. The van der Waals surface area contributed by atoms with E-state index >= 15 is 0 Å². The first-order chi connectivity index (χ1) is 8.10. The van der Waals surface area contributed by atoms with Gasteiger partial charge in [-0.05, 0) is 31.2 Å². The van der Waals surface area contributed by atoms with Crippen LogP contribution in [0.1, 0.15) is 11.4 Å². The Kier molecular flexibility index (Phi) is 3.87. The highest BCUT2D eigenvalue weighted by molar-refractivity contribution is 6.42. The van der Waals surface area contributed by atoms with Gasteiger partial charge in [0, 0.05) is 11.3 Å². The van der Waals surface area contributed by atoms with Crippen molar-refractivity contribution in [1.82, 2.24) is 9.97 Å². The minimum absolute atomic E-state index is 0.359. The Balaban J connectivity index is 2.52. The average molecular weight is 288 g/mol. The highest BCUT2D eigenvalue weighted by Crippen LogP contribution is 2.27. The van der Waals surface area contributed by atoms with Crippen LogP contribution in [0.5, 0.6) is 0 Å². The van der Waals surface area contributed by atoms with Crippen LogP contribution in [0.2, 0.25) is 10.0 Å². The summed E-state index contributed by atoms with van der Waals surface area (Å²) in [6.07, 6.45) is 0. The van der Waals surface area contributed by atoms with E-state index in [0.29, 0.717) is 21.7 Å². The lowest BCUT2D eigenvalue weighted by atomic mass is 10.2. The van der Waals surface area contributed by atoms with Crippen LogP contribution in [-0.4, -0.2) is 9.97 Å². The summed E-state index contributed by atoms with van der Waals surface area (Å²) in [4.78, 5) is 8.70. The maximum atomic E-state index is 5.96. The normalized spacial score (nSPS) is 10.6. The molecule has 0 amide bonds. The third-order valence-corrected chi connectivity index (χ3v) is 3.23. The summed E-state index contributed by atoms with van der Waals surface area (Å²) in [7, 11) is 0. The smallest absolute Gasteiger partial charge is 0.159 e. The molecule has 2 aromatic rings. The second-order valence-electron chi connectivity index (χ2n) is 3.59. The molecule has 1 heterocycles. The molecular formula is C12H9Cl3N2. The Hall–Kier alpha value is -0.830. The molecule has 0 saturated carbocycles. The van der Waals surface area contributed by atoms with Gasteiger partial charge in [0.2, 0.25) is 0 Å². The van der Waals surface area contributed by atoms with Crippen molar-refractivity contribution in [3.05, 3.63) is 45.7 Å². The van der Waals surface area contributed by atoms with Crippen molar-refractivity contribution in [3.63, 3.8) is 0 Å². The summed E-state index contributed by atoms with van der Waals surface area (Å²) < 4.78 is 0. The Bertz CT molecular complexity index is 555. The first-order valence-corrected chi connectivity index (χ1v) is 6.25. The summed E-state index contributed by atoms with van der Waals surface area (Å²) in [6.45, 7) is 1.90. The number of rotatable bonds is 2. The molecule has 2 rings (SSSR count). The minimum atomic E-state index is 0.359. The Morgan fingerprint density at radius 1 is 1.06 bits per heavy atom. The standard InChI is InChI=1S/C12H9Cl3N2/c1-7-4-9(6-13)17-12(16-7)8-2-3-10(14)11(15)5-8/h2-5H,6H2,1H3. The van der Waals surface area contributed by atoms with E-state index in [0.717, 1.165) is 17.0 Å². The monoisotopic (exact) mass is 286 g/mol. The lowest BCUT2D eigenvalue weighted by molar-refractivity contribution is 1.05. The molecule has 0 aliphatic heterocycles. The number of hydrogen-bond acceptors (Lipinski definition) is 2. The summed E-state index contributed by atoms with van der Waals surface area (Å²) >= 11 is 17.6. The fraction of sp³-hybridized carbons (Fsp3) is 0.167. The Morgan fingerprint density at radius 3 is 2.47 bits per heavy atom. The third kappa shape index (κ3) is 2.89. The highest BCUT2D eigenvalue weighted by atomic mass is 35.5. The molecule has 0 bridgehead atoms. The van der Waals surface area contributed by atoms with Gasteiger partial charge in [-0.15, -0.1) is 11.6 Å². The van der Waals surface area contributed by atoms with Gasteiger partial charge >= 0.3 is 0 Å². The van der Waals surface area contributed by atoms with Crippen molar-refractivity contribution in [2.75, 3.05) is 0 Å². The van der Waals surface area contributed by atoms with Crippen LogP contribution >= 0.6 is 34.8 Å². The molecule has 0 aliphatic rings. The van der Waals surface area contributed by atoms with E-state index in [-0.39, 0.29) is 0 Å². The number of aryl methyl sites for hydroxylation is 1. The van der Waals surface area contributed by atoms with Crippen molar-refractivity contribution in [1.29, 1.82) is 0 Å². The van der Waals surface area contributed by atoms with E-state index in [1.165, 1.54) is 0 Å². The molecule has 0 fully saturated rings. The van der Waals surface area contributed by atoms with E-state index in [1.807, 2.05) is 19.1 Å². The molecule has 2 nitrogen and oxygen atoms in total. The molecule has 1 aromatic carbocycles. The lowest BCUT2D eigenvalue weighted by Gasteiger charge is -2.05. The zero-order valence-corrected chi connectivity index (χ0v) is 11.3. The van der Waals surface area contributed by atoms with Crippen LogP contribution < -0.4 is 0 Å². The Morgan fingerprint density at radius 2 is 1.82 bits per heavy atom. The predicted molar refractivity (Wildman–Crippen MR) is 71.8 cm³/mol. The average Bonchev–Trinajstić information content (AvgIpc) is 2.32. The van der Waals surface area contributed by atoms with E-state index in [1.54, 1.807) is 12.1 Å². The molecule has 1 aromatic heterocycles. The van der Waals surface area contributed by atoms with Gasteiger partial charge in [-0.1, -0.05) is 23.2 Å². The fourth-order valence-electron chi connectivity index (χ4n) is 1.47. The molecule has 0 radical (unpaired) electrons. The van der Waals surface area contributed by atoms with E-state index in [9.17, 15) is 0 Å². The van der Waals surface area contributed by atoms with E-state index in [4.69, 9.17) is 34.8 Å².